The second-order valence-corrected chi connectivity index (χ2v) is 5.26. The predicted octanol–water partition coefficient (Wildman–Crippen LogP) is 1.20. The number of hydrogen-bond acceptors (Lipinski definition) is 3. The van der Waals surface area contributed by atoms with E-state index in [0.29, 0.717) is 6.42 Å². The Morgan fingerprint density at radius 2 is 2.05 bits per heavy atom. The molecule has 1 rings (SSSR count). The zero-order valence-electron chi connectivity index (χ0n) is 11.5. The van der Waals surface area contributed by atoms with Crippen molar-refractivity contribution < 1.29 is 14.7 Å². The highest BCUT2D eigenvalue weighted by molar-refractivity contribution is 5.76. The third kappa shape index (κ3) is 5.92. The van der Waals surface area contributed by atoms with Crippen LogP contribution in [-0.4, -0.2) is 35.2 Å². The van der Waals surface area contributed by atoms with Gasteiger partial charge in [0.05, 0.1) is 6.42 Å². The number of carboxylic acids is 1. The monoisotopic (exact) mass is 271 g/mol. The van der Waals surface area contributed by atoms with Crippen LogP contribution >= 0.6 is 0 Å². The highest BCUT2D eigenvalue weighted by atomic mass is 16.4. The van der Waals surface area contributed by atoms with E-state index in [4.69, 9.17) is 10.8 Å². The first-order valence-corrected chi connectivity index (χ1v) is 7.07. The zero-order chi connectivity index (χ0) is 14.3. The van der Waals surface area contributed by atoms with Crippen molar-refractivity contribution in [1.82, 2.24) is 10.6 Å². The molecule has 1 aliphatic rings. The lowest BCUT2D eigenvalue weighted by Gasteiger charge is -2.30. The van der Waals surface area contributed by atoms with Crippen molar-refractivity contribution in [3.8, 4) is 0 Å². The fourth-order valence-corrected chi connectivity index (χ4v) is 2.52. The molecule has 6 heteroatoms. The summed E-state index contributed by atoms with van der Waals surface area (Å²) in [6.07, 6.45) is 5.46. The fourth-order valence-electron chi connectivity index (χ4n) is 2.52. The highest BCUT2D eigenvalue weighted by Crippen LogP contribution is 2.16. The molecule has 0 aromatic rings. The lowest BCUT2D eigenvalue weighted by molar-refractivity contribution is -0.137. The minimum atomic E-state index is -0.895. The maximum Gasteiger partial charge on any atom is 0.315 e. The molecule has 19 heavy (non-hydrogen) atoms. The maximum atomic E-state index is 11.9. The highest BCUT2D eigenvalue weighted by Gasteiger charge is 2.24. The number of carboxylic acid groups (broad SMARTS) is 1. The molecule has 0 aromatic heterocycles. The molecule has 0 heterocycles. The van der Waals surface area contributed by atoms with E-state index in [1.54, 1.807) is 0 Å². The molecule has 0 saturated heterocycles. The molecule has 1 aliphatic carbocycles. The van der Waals surface area contributed by atoms with Crippen LogP contribution in [0.4, 0.5) is 4.79 Å². The molecule has 0 radical (unpaired) electrons. The van der Waals surface area contributed by atoms with Gasteiger partial charge in [-0.15, -0.1) is 0 Å². The first-order chi connectivity index (χ1) is 9.02. The first-order valence-electron chi connectivity index (χ1n) is 7.07. The Morgan fingerprint density at radius 1 is 1.37 bits per heavy atom. The van der Waals surface area contributed by atoms with Gasteiger partial charge >= 0.3 is 12.0 Å². The lowest BCUT2D eigenvalue weighted by Crippen LogP contribution is -2.53. The molecule has 1 saturated carbocycles. The number of amides is 2. The third-order valence-corrected chi connectivity index (χ3v) is 3.53. The van der Waals surface area contributed by atoms with Gasteiger partial charge in [-0.25, -0.2) is 4.79 Å². The molecule has 0 aromatic carbocycles. The zero-order valence-corrected chi connectivity index (χ0v) is 11.5. The molecule has 5 N–H and O–H groups in total. The molecule has 0 bridgehead atoms. The van der Waals surface area contributed by atoms with Crippen LogP contribution < -0.4 is 16.4 Å². The van der Waals surface area contributed by atoms with E-state index in [2.05, 4.69) is 10.6 Å². The van der Waals surface area contributed by atoms with Crippen LogP contribution in [0.1, 0.15) is 51.9 Å². The average molecular weight is 271 g/mol. The Hall–Kier alpha value is -1.30. The summed E-state index contributed by atoms with van der Waals surface area (Å²) in [5, 5.41) is 14.4. The quantitative estimate of drug-likeness (QED) is 0.582. The fraction of sp³-hybridized carbons (Fsp3) is 0.846. The van der Waals surface area contributed by atoms with Gasteiger partial charge in [-0.1, -0.05) is 26.2 Å². The Balaban J connectivity index is 2.40. The summed E-state index contributed by atoms with van der Waals surface area (Å²) in [5.41, 5.74) is 5.96. The Kier molecular flexibility index (Phi) is 6.62. The van der Waals surface area contributed by atoms with Crippen LogP contribution in [0.3, 0.4) is 0 Å². The van der Waals surface area contributed by atoms with Crippen LogP contribution in [0.2, 0.25) is 0 Å². The normalized spacial score (nSPS) is 24.5. The topological polar surface area (TPSA) is 104 Å². The first kappa shape index (κ1) is 15.8. The molecule has 3 atom stereocenters. The van der Waals surface area contributed by atoms with Crippen molar-refractivity contribution in [3.05, 3.63) is 0 Å². The average Bonchev–Trinajstić information content (AvgIpc) is 2.31. The Bertz CT molecular complexity index is 310. The molecular weight excluding hydrogens is 246 g/mol. The Morgan fingerprint density at radius 3 is 2.63 bits per heavy atom. The van der Waals surface area contributed by atoms with Gasteiger partial charge in [-0.3, -0.25) is 4.79 Å². The number of carbonyl (C=O) groups is 2. The van der Waals surface area contributed by atoms with E-state index >= 15 is 0 Å². The van der Waals surface area contributed by atoms with Crippen molar-refractivity contribution in [3.63, 3.8) is 0 Å². The number of hydrogen-bond donors (Lipinski definition) is 4. The number of nitrogens with two attached hydrogens (primary N) is 1. The molecular formula is C13H25N3O3. The van der Waals surface area contributed by atoms with E-state index in [0.717, 1.165) is 32.1 Å². The molecule has 3 unspecified atom stereocenters. The number of rotatable bonds is 6. The number of nitrogens with one attached hydrogen (secondary N) is 2. The maximum absolute atomic E-state index is 11.9. The number of carbonyl (C=O) groups excluding carboxylic acids is 1. The van der Waals surface area contributed by atoms with Crippen molar-refractivity contribution in [2.75, 3.05) is 0 Å². The van der Waals surface area contributed by atoms with E-state index < -0.39 is 5.97 Å². The summed E-state index contributed by atoms with van der Waals surface area (Å²) in [4.78, 5) is 22.6. The Labute approximate surface area is 114 Å². The van der Waals surface area contributed by atoms with Crippen LogP contribution in [0.25, 0.3) is 0 Å². The number of aliphatic carboxylic acids is 1. The van der Waals surface area contributed by atoms with E-state index in [1.807, 2.05) is 6.92 Å². The molecule has 1 fully saturated rings. The van der Waals surface area contributed by atoms with Gasteiger partial charge in [0.1, 0.15) is 0 Å². The molecule has 0 spiro atoms. The van der Waals surface area contributed by atoms with Gasteiger partial charge in [0.25, 0.3) is 0 Å². The van der Waals surface area contributed by atoms with E-state index in [9.17, 15) is 9.59 Å². The number of urea groups is 1. The summed E-state index contributed by atoms with van der Waals surface area (Å²) in [6.45, 7) is 1.96. The lowest BCUT2D eigenvalue weighted by atomic mass is 9.91. The van der Waals surface area contributed by atoms with Gasteiger partial charge in [0, 0.05) is 18.1 Å². The predicted molar refractivity (Wildman–Crippen MR) is 72.8 cm³/mol. The van der Waals surface area contributed by atoms with Crippen LogP contribution in [-0.2, 0) is 4.79 Å². The van der Waals surface area contributed by atoms with Crippen LogP contribution in [0.5, 0.6) is 0 Å². The van der Waals surface area contributed by atoms with Crippen molar-refractivity contribution in [2.45, 2.75) is 70.0 Å². The minimum absolute atomic E-state index is 0.000791. The van der Waals surface area contributed by atoms with Gasteiger partial charge < -0.3 is 21.5 Å². The van der Waals surface area contributed by atoms with E-state index in [1.165, 1.54) is 0 Å². The van der Waals surface area contributed by atoms with Gasteiger partial charge in [-0.05, 0) is 19.3 Å². The molecule has 2 amide bonds. The standard InChI is InChI=1S/C13H25N3O3/c1-2-5-9(8-12(17)18)15-13(19)16-11-7-4-3-6-10(11)14/h9-11H,2-8,14H2,1H3,(H,17,18)(H2,15,16,19). The van der Waals surface area contributed by atoms with Gasteiger partial charge in [0.2, 0.25) is 0 Å². The van der Waals surface area contributed by atoms with Crippen LogP contribution in [0, 0.1) is 0 Å². The summed E-state index contributed by atoms with van der Waals surface area (Å²) < 4.78 is 0. The second kappa shape index (κ2) is 7.99. The SMILES string of the molecule is CCCC(CC(=O)O)NC(=O)NC1CCCCC1N. The second-order valence-electron chi connectivity index (χ2n) is 5.26. The minimum Gasteiger partial charge on any atom is -0.481 e. The van der Waals surface area contributed by atoms with Crippen molar-refractivity contribution in [1.29, 1.82) is 0 Å². The smallest absolute Gasteiger partial charge is 0.315 e. The van der Waals surface area contributed by atoms with E-state index in [-0.39, 0.29) is 30.6 Å². The summed E-state index contributed by atoms with van der Waals surface area (Å²) in [7, 11) is 0. The largest absolute Gasteiger partial charge is 0.481 e. The van der Waals surface area contributed by atoms with Crippen molar-refractivity contribution >= 4 is 12.0 Å². The summed E-state index contributed by atoms with van der Waals surface area (Å²) in [5.74, 6) is -0.895. The summed E-state index contributed by atoms with van der Waals surface area (Å²) >= 11 is 0. The third-order valence-electron chi connectivity index (χ3n) is 3.53. The summed E-state index contributed by atoms with van der Waals surface area (Å²) in [6, 6.07) is -0.617. The van der Waals surface area contributed by atoms with Crippen molar-refractivity contribution in [2.24, 2.45) is 5.73 Å². The van der Waals surface area contributed by atoms with Gasteiger partial charge in [-0.2, -0.15) is 0 Å². The molecule has 110 valence electrons. The molecule has 0 aliphatic heterocycles. The van der Waals surface area contributed by atoms with Gasteiger partial charge in [0.15, 0.2) is 0 Å². The van der Waals surface area contributed by atoms with Crippen LogP contribution in [0.15, 0.2) is 0 Å². The molecule has 6 nitrogen and oxygen atoms in total.